The van der Waals surface area contributed by atoms with E-state index in [1.54, 1.807) is 0 Å². The van der Waals surface area contributed by atoms with Crippen molar-refractivity contribution in [3.8, 4) is 0 Å². The molecule has 0 aromatic heterocycles. The quantitative estimate of drug-likeness (QED) is 0.189. The van der Waals surface area contributed by atoms with Gasteiger partial charge in [-0.25, -0.2) is 0 Å². The second-order valence-corrected chi connectivity index (χ2v) is 2.30. The summed E-state index contributed by atoms with van der Waals surface area (Å²) in [6.07, 6.45) is 0. The molecule has 162 valence electrons. The Kier molecular flexibility index (Phi) is 52.9. The number of carbonyl (C=O) groups excluding carboxylic acids is 8. The van der Waals surface area contributed by atoms with Gasteiger partial charge in [-0.3, -0.25) is 0 Å². The Labute approximate surface area is 194 Å². The second-order valence-electron chi connectivity index (χ2n) is 2.30. The fourth-order valence-electron chi connectivity index (χ4n) is 0. The zero-order valence-corrected chi connectivity index (χ0v) is 16.2. The van der Waals surface area contributed by atoms with Gasteiger partial charge in [0, 0.05) is 0 Å². The van der Waals surface area contributed by atoms with Gasteiger partial charge in [0.2, 0.25) is 0 Å². The third-order valence-corrected chi connectivity index (χ3v) is 0.667. The summed E-state index contributed by atoms with van der Waals surface area (Å²) < 4.78 is 0. The average molecular weight is 580 g/mol. The molecule has 0 rings (SSSR count). The first-order valence-electron chi connectivity index (χ1n) is 4.27. The zero-order valence-electron chi connectivity index (χ0n) is 11.9. The molecule has 0 atom stereocenters. The summed E-state index contributed by atoms with van der Waals surface area (Å²) in [5, 5.41) is 71.4. The summed E-state index contributed by atoms with van der Waals surface area (Å²) in [6.45, 7) is 0. The third kappa shape index (κ3) is 65.0. The molecule has 0 aliphatic carbocycles. The van der Waals surface area contributed by atoms with Crippen molar-refractivity contribution in [1.82, 2.24) is 0 Å². The van der Waals surface area contributed by atoms with Gasteiger partial charge in [-0.15, -0.1) is 0 Å². The molecular formula is C8CoFeMnNiO16. The van der Waals surface area contributed by atoms with Crippen molar-refractivity contribution in [2.45, 2.75) is 0 Å². The van der Waals surface area contributed by atoms with Crippen LogP contribution in [-0.4, -0.2) is 47.8 Å². The molecule has 28 heavy (non-hydrogen) atoms. The van der Waals surface area contributed by atoms with E-state index in [1.807, 2.05) is 0 Å². The first kappa shape index (κ1) is 50.1. The van der Waals surface area contributed by atoms with Gasteiger partial charge in [-0.05, 0) is 0 Å². The number of aliphatic carboxylic acids is 8. The van der Waals surface area contributed by atoms with Crippen LogP contribution < -0.4 is 40.9 Å². The van der Waals surface area contributed by atoms with Gasteiger partial charge in [0.25, 0.3) is 0 Å². The van der Waals surface area contributed by atoms with Crippen molar-refractivity contribution in [2.24, 2.45) is 0 Å². The van der Waals surface area contributed by atoms with Crippen molar-refractivity contribution < 1.29 is 147 Å². The average Bonchev–Trinajstić information content (AvgIpc) is 2.40. The molecule has 0 aliphatic heterocycles. The van der Waals surface area contributed by atoms with E-state index >= 15 is 0 Å². The van der Waals surface area contributed by atoms with Crippen molar-refractivity contribution >= 4 is 47.8 Å². The molecule has 20 heteroatoms. The van der Waals surface area contributed by atoms with Crippen LogP contribution in [0.1, 0.15) is 0 Å². The van der Waals surface area contributed by atoms with E-state index < -0.39 is 47.8 Å². The van der Waals surface area contributed by atoms with Crippen LogP contribution in [0.2, 0.25) is 0 Å². The molecule has 0 aliphatic rings. The SMILES string of the molecule is O=C([O-])C(=O)[O-].O=C([O-])C(=O)[O-].O=C([O-])C(=O)[O-].O=C([O-])C(=O)[O-].[Co+2].[Fe+2].[Mn+2].[Ni+2]. The number of rotatable bonds is 0. The van der Waals surface area contributed by atoms with Crippen LogP contribution in [0.15, 0.2) is 0 Å². The number of carbonyl (C=O) groups is 8. The first-order chi connectivity index (χ1) is 10.6. The molecule has 0 bridgehead atoms. The second kappa shape index (κ2) is 29.6. The summed E-state index contributed by atoms with van der Waals surface area (Å²) in [5.74, 6) is -17.5. The van der Waals surface area contributed by atoms with Crippen LogP contribution in [-0.2, 0) is 106 Å². The molecule has 0 saturated carbocycles. The first-order valence-corrected chi connectivity index (χ1v) is 4.27. The fraction of sp³-hybridized carbons (Fsp3) is 0. The molecule has 0 aromatic carbocycles. The molecule has 0 aromatic rings. The topological polar surface area (TPSA) is 321 Å². The van der Waals surface area contributed by atoms with E-state index in [1.165, 1.54) is 0 Å². The smallest absolute Gasteiger partial charge is 0.543 e. The molecule has 0 fully saturated rings. The predicted molar refractivity (Wildman–Crippen MR) is 40.1 cm³/mol. The van der Waals surface area contributed by atoms with E-state index in [2.05, 4.69) is 0 Å². The van der Waals surface area contributed by atoms with Gasteiger partial charge in [-0.2, -0.15) is 0 Å². The maximum atomic E-state index is 8.93. The largest absolute Gasteiger partial charge is 2.00 e. The van der Waals surface area contributed by atoms with Gasteiger partial charge >= 0.3 is 67.4 Å². The van der Waals surface area contributed by atoms with E-state index in [0.29, 0.717) is 0 Å². The van der Waals surface area contributed by atoms with Crippen LogP contribution in [0.3, 0.4) is 0 Å². The monoisotopic (exact) mass is 580 g/mol. The van der Waals surface area contributed by atoms with Crippen LogP contribution >= 0.6 is 0 Å². The molecule has 0 saturated heterocycles. The number of carboxylic acids is 8. The number of hydrogen-bond donors (Lipinski definition) is 0. The molecule has 0 unspecified atom stereocenters. The van der Waals surface area contributed by atoms with Crippen LogP contribution in [0, 0.1) is 0 Å². The minimum absolute atomic E-state index is 0. The van der Waals surface area contributed by atoms with E-state index in [-0.39, 0.29) is 67.4 Å². The third-order valence-electron chi connectivity index (χ3n) is 0.667. The van der Waals surface area contributed by atoms with Crippen molar-refractivity contribution in [3.63, 3.8) is 0 Å². The van der Waals surface area contributed by atoms with E-state index in [9.17, 15) is 0 Å². The van der Waals surface area contributed by atoms with Crippen LogP contribution in [0.4, 0.5) is 0 Å². The van der Waals surface area contributed by atoms with E-state index in [0.717, 1.165) is 0 Å². The summed E-state index contributed by atoms with van der Waals surface area (Å²) in [7, 11) is 0. The molecule has 0 heterocycles. The van der Waals surface area contributed by atoms with Crippen LogP contribution in [0.5, 0.6) is 0 Å². The van der Waals surface area contributed by atoms with Crippen molar-refractivity contribution in [1.29, 1.82) is 0 Å². The molecule has 16 nitrogen and oxygen atoms in total. The van der Waals surface area contributed by atoms with Gasteiger partial charge in [0.05, 0.1) is 47.8 Å². The van der Waals surface area contributed by atoms with Crippen LogP contribution in [0.25, 0.3) is 0 Å². The number of hydrogen-bond acceptors (Lipinski definition) is 16. The van der Waals surface area contributed by atoms with Gasteiger partial charge < -0.3 is 79.2 Å². The molecule has 0 spiro atoms. The maximum absolute atomic E-state index is 8.93. The Morgan fingerprint density at radius 3 is 0.393 bits per heavy atom. The molecule has 0 N–H and O–H groups in total. The summed E-state index contributed by atoms with van der Waals surface area (Å²) in [6, 6.07) is 0. The fourth-order valence-corrected chi connectivity index (χ4v) is 0. The maximum Gasteiger partial charge on any atom is 2.00 e. The summed E-state index contributed by atoms with van der Waals surface area (Å²) in [4.78, 5) is 71.4. The summed E-state index contributed by atoms with van der Waals surface area (Å²) >= 11 is 0. The Balaban J connectivity index is -0.0000000303. The Bertz CT molecular complexity index is 407. The Hall–Kier alpha value is -2.20. The molecular weight excluding hydrogens is 580 g/mol. The molecule has 2 radical (unpaired) electrons. The minimum atomic E-state index is -2.19. The van der Waals surface area contributed by atoms with Gasteiger partial charge in [0.1, 0.15) is 0 Å². The summed E-state index contributed by atoms with van der Waals surface area (Å²) in [5.41, 5.74) is 0. The van der Waals surface area contributed by atoms with E-state index in [4.69, 9.17) is 79.2 Å². The Morgan fingerprint density at radius 1 is 0.357 bits per heavy atom. The molecule has 0 amide bonds. The van der Waals surface area contributed by atoms with Gasteiger partial charge in [0.15, 0.2) is 0 Å². The standard InChI is InChI=1S/4C2H2O4.Co.Fe.Mn.Ni/c4*3-1(4)2(5)6;;;;/h4*(H,3,4)(H,5,6);;;;/q;;;;4*+2/p-8. The van der Waals surface area contributed by atoms with Crippen molar-refractivity contribution in [3.05, 3.63) is 0 Å². The van der Waals surface area contributed by atoms with Crippen molar-refractivity contribution in [2.75, 3.05) is 0 Å². The minimum Gasteiger partial charge on any atom is -0.543 e. The normalized spacial score (nSPS) is 6.29. The Morgan fingerprint density at radius 2 is 0.393 bits per heavy atom. The van der Waals surface area contributed by atoms with Gasteiger partial charge in [-0.1, -0.05) is 0 Å². The zero-order chi connectivity index (χ0) is 20.6. The number of carboxylic acid groups (broad SMARTS) is 8. The predicted octanol–water partition coefficient (Wildman–Crippen LogP) is -14.1.